The second kappa shape index (κ2) is 7.08. The molecule has 2 rings (SSSR count). The van der Waals surface area contributed by atoms with E-state index in [-0.39, 0.29) is 17.7 Å². The quantitative estimate of drug-likeness (QED) is 0.486. The van der Waals surface area contributed by atoms with Crippen molar-refractivity contribution >= 4 is 18.0 Å². The molecular weight excluding hydrogens is 304 g/mol. The Morgan fingerprint density at radius 3 is 2.48 bits per heavy atom. The van der Waals surface area contributed by atoms with E-state index in [2.05, 4.69) is 0 Å². The van der Waals surface area contributed by atoms with Crippen LogP contribution in [0.15, 0.2) is 42.0 Å². The number of aromatic hydroxyl groups is 1. The summed E-state index contributed by atoms with van der Waals surface area (Å²) in [5, 5.41) is 39.3. The number of aliphatic hydroxyl groups excluding tert-OH is 2. The topological polar surface area (TPSA) is 127 Å². The maximum Gasteiger partial charge on any atom is 0.331 e. The van der Waals surface area contributed by atoms with Crippen LogP contribution >= 0.6 is 0 Å². The molecule has 122 valence electrons. The molecular formula is C16H15O7-. The van der Waals surface area contributed by atoms with Gasteiger partial charge >= 0.3 is 5.97 Å². The van der Waals surface area contributed by atoms with Crippen molar-refractivity contribution in [2.45, 2.75) is 24.7 Å². The molecule has 1 aliphatic carbocycles. The van der Waals surface area contributed by atoms with Crippen molar-refractivity contribution in [3.8, 4) is 5.75 Å². The molecule has 3 atom stereocenters. The van der Waals surface area contributed by atoms with Gasteiger partial charge in [-0.3, -0.25) is 0 Å². The highest BCUT2D eigenvalue weighted by molar-refractivity contribution is 5.88. The predicted molar refractivity (Wildman–Crippen MR) is 76.7 cm³/mol. The molecule has 1 aromatic rings. The third-order valence-electron chi connectivity index (χ3n) is 3.36. The zero-order valence-corrected chi connectivity index (χ0v) is 12.0. The largest absolute Gasteiger partial charge is 0.545 e. The van der Waals surface area contributed by atoms with Gasteiger partial charge in [-0.25, -0.2) is 4.79 Å². The van der Waals surface area contributed by atoms with Crippen LogP contribution in [0.5, 0.6) is 5.75 Å². The highest BCUT2D eigenvalue weighted by atomic mass is 16.6. The van der Waals surface area contributed by atoms with Gasteiger partial charge in [0.05, 0.1) is 5.97 Å². The van der Waals surface area contributed by atoms with Gasteiger partial charge < -0.3 is 30.0 Å². The van der Waals surface area contributed by atoms with Crippen LogP contribution in [0.2, 0.25) is 0 Å². The van der Waals surface area contributed by atoms with Gasteiger partial charge in [-0.1, -0.05) is 12.1 Å². The number of carbonyl (C=O) groups excluding carboxylic acids is 2. The van der Waals surface area contributed by atoms with Crippen molar-refractivity contribution in [3.63, 3.8) is 0 Å². The number of phenolic OH excluding ortho intramolecular Hbond substituents is 1. The summed E-state index contributed by atoms with van der Waals surface area (Å²) in [5.74, 6) is -2.20. The van der Waals surface area contributed by atoms with Crippen molar-refractivity contribution in [3.05, 3.63) is 47.6 Å². The number of hydrogen-bond donors (Lipinski definition) is 3. The van der Waals surface area contributed by atoms with Crippen LogP contribution in [0.1, 0.15) is 12.0 Å². The third-order valence-corrected chi connectivity index (χ3v) is 3.36. The van der Waals surface area contributed by atoms with Crippen molar-refractivity contribution in [2.24, 2.45) is 0 Å². The smallest absolute Gasteiger partial charge is 0.331 e. The van der Waals surface area contributed by atoms with E-state index >= 15 is 0 Å². The van der Waals surface area contributed by atoms with Gasteiger partial charge in [0.2, 0.25) is 0 Å². The summed E-state index contributed by atoms with van der Waals surface area (Å²) in [6, 6.07) is 6.05. The van der Waals surface area contributed by atoms with Gasteiger partial charge in [0.25, 0.3) is 0 Å². The molecule has 0 fully saturated rings. The number of carboxylic acid groups (broad SMARTS) is 1. The SMILES string of the molecule is O=C(/C=C/c1ccc(O)cc1)O[C@@H]1CC(C(=O)[O-])=C[C@@H](O)[C@H]1O. The van der Waals surface area contributed by atoms with E-state index < -0.39 is 30.3 Å². The zero-order valence-electron chi connectivity index (χ0n) is 12.0. The summed E-state index contributed by atoms with van der Waals surface area (Å²) >= 11 is 0. The number of ether oxygens (including phenoxy) is 1. The maximum absolute atomic E-state index is 11.7. The Morgan fingerprint density at radius 2 is 1.87 bits per heavy atom. The minimum atomic E-state index is -1.49. The first-order valence-corrected chi connectivity index (χ1v) is 6.82. The van der Waals surface area contributed by atoms with Crippen molar-refractivity contribution in [1.29, 1.82) is 0 Å². The average molecular weight is 319 g/mol. The van der Waals surface area contributed by atoms with Gasteiger partial charge in [0.15, 0.2) is 0 Å². The van der Waals surface area contributed by atoms with Crippen molar-refractivity contribution in [2.75, 3.05) is 0 Å². The molecule has 7 nitrogen and oxygen atoms in total. The summed E-state index contributed by atoms with van der Waals surface area (Å²) in [5.41, 5.74) is 0.405. The van der Waals surface area contributed by atoms with E-state index in [1.54, 1.807) is 12.1 Å². The molecule has 0 aliphatic heterocycles. The first-order chi connectivity index (χ1) is 10.9. The summed E-state index contributed by atoms with van der Waals surface area (Å²) in [6.07, 6.45) is -0.791. The van der Waals surface area contributed by atoms with E-state index in [9.17, 15) is 24.9 Å². The number of phenols is 1. The molecule has 0 bridgehead atoms. The monoisotopic (exact) mass is 319 g/mol. The predicted octanol–water partition coefficient (Wildman–Crippen LogP) is -0.881. The Morgan fingerprint density at radius 1 is 1.22 bits per heavy atom. The number of benzene rings is 1. The Hall–Kier alpha value is -2.64. The van der Waals surface area contributed by atoms with Gasteiger partial charge in [-0.05, 0) is 35.4 Å². The van der Waals surface area contributed by atoms with Gasteiger partial charge in [-0.15, -0.1) is 0 Å². The molecule has 23 heavy (non-hydrogen) atoms. The molecule has 0 saturated heterocycles. The number of carbonyl (C=O) groups is 2. The molecule has 0 amide bonds. The lowest BCUT2D eigenvalue weighted by Crippen LogP contribution is -2.44. The molecule has 1 aromatic carbocycles. The molecule has 1 aliphatic rings. The number of aliphatic carboxylic acids is 1. The standard InChI is InChI=1S/C16H16O7/c17-11-4-1-9(2-5-11)3-6-14(19)23-13-8-10(16(21)22)7-12(18)15(13)20/h1-7,12-13,15,17-18,20H,8H2,(H,21,22)/p-1/b6-3+/t12-,13-,15-/m1/s1. The Balaban J connectivity index is 2.00. The molecule has 0 spiro atoms. The van der Waals surface area contributed by atoms with Crippen LogP contribution < -0.4 is 5.11 Å². The number of aliphatic hydroxyl groups is 2. The van der Waals surface area contributed by atoms with Crippen molar-refractivity contribution in [1.82, 2.24) is 0 Å². The van der Waals surface area contributed by atoms with Crippen LogP contribution in [0, 0.1) is 0 Å². The van der Waals surface area contributed by atoms with Gasteiger partial charge in [0.1, 0.15) is 24.1 Å². The highest BCUT2D eigenvalue weighted by Gasteiger charge is 2.33. The fraction of sp³-hybridized carbons (Fsp3) is 0.250. The lowest BCUT2D eigenvalue weighted by atomic mass is 9.92. The van der Waals surface area contributed by atoms with Crippen LogP contribution in [0.3, 0.4) is 0 Å². The Kier molecular flexibility index (Phi) is 5.15. The molecule has 7 heteroatoms. The summed E-state index contributed by atoms with van der Waals surface area (Å²) in [4.78, 5) is 22.6. The van der Waals surface area contributed by atoms with Crippen LogP contribution in [0.25, 0.3) is 6.08 Å². The van der Waals surface area contributed by atoms with Gasteiger partial charge in [-0.2, -0.15) is 0 Å². The average Bonchev–Trinajstić information content (AvgIpc) is 2.51. The number of esters is 1. The number of carboxylic acids is 1. The first-order valence-electron chi connectivity index (χ1n) is 6.82. The molecule has 0 aromatic heterocycles. The lowest BCUT2D eigenvalue weighted by molar-refractivity contribution is -0.300. The van der Waals surface area contributed by atoms with Crippen LogP contribution in [-0.2, 0) is 14.3 Å². The maximum atomic E-state index is 11.7. The first kappa shape index (κ1) is 16.7. The molecule has 3 N–H and O–H groups in total. The molecule has 0 radical (unpaired) electrons. The normalized spacial score (nSPS) is 24.3. The van der Waals surface area contributed by atoms with E-state index in [0.717, 1.165) is 12.2 Å². The Labute approximate surface area is 131 Å². The van der Waals surface area contributed by atoms with Crippen LogP contribution in [0.4, 0.5) is 0 Å². The van der Waals surface area contributed by atoms with E-state index in [0.29, 0.717) is 5.56 Å². The minimum absolute atomic E-state index is 0.0886. The third kappa shape index (κ3) is 4.41. The lowest BCUT2D eigenvalue weighted by Gasteiger charge is -2.30. The minimum Gasteiger partial charge on any atom is -0.545 e. The highest BCUT2D eigenvalue weighted by Crippen LogP contribution is 2.22. The summed E-state index contributed by atoms with van der Waals surface area (Å²) < 4.78 is 4.98. The number of rotatable bonds is 4. The molecule has 0 saturated carbocycles. The van der Waals surface area contributed by atoms with Crippen LogP contribution in [-0.4, -0.2) is 45.6 Å². The zero-order chi connectivity index (χ0) is 17.0. The molecule has 0 unspecified atom stereocenters. The fourth-order valence-corrected chi connectivity index (χ4v) is 2.13. The molecule has 0 heterocycles. The van der Waals surface area contributed by atoms with E-state index in [1.165, 1.54) is 18.2 Å². The fourth-order valence-electron chi connectivity index (χ4n) is 2.13. The second-order valence-electron chi connectivity index (χ2n) is 5.06. The Bertz CT molecular complexity index is 645. The second-order valence-corrected chi connectivity index (χ2v) is 5.06. The van der Waals surface area contributed by atoms with E-state index in [4.69, 9.17) is 9.84 Å². The number of hydrogen-bond acceptors (Lipinski definition) is 7. The summed E-state index contributed by atoms with van der Waals surface area (Å²) in [7, 11) is 0. The summed E-state index contributed by atoms with van der Waals surface area (Å²) in [6.45, 7) is 0. The van der Waals surface area contributed by atoms with Gasteiger partial charge in [0, 0.05) is 12.5 Å². The van der Waals surface area contributed by atoms with E-state index in [1.807, 2.05) is 0 Å². The van der Waals surface area contributed by atoms with Crippen molar-refractivity contribution < 1.29 is 34.8 Å².